The molecule has 112 valence electrons. The number of nitrogens with two attached hydrogens (primary N) is 1. The van der Waals surface area contributed by atoms with Gasteiger partial charge < -0.3 is 16.0 Å². The zero-order valence-corrected chi connectivity index (χ0v) is 12.8. The van der Waals surface area contributed by atoms with Crippen LogP contribution >= 0.6 is 11.6 Å². The SMILES string of the molecule is CN(C)C(=O)NCCNS(=O)(=O)c1cc(Cl)ccc1N. The second-order valence-corrected chi connectivity index (χ2v) is 6.38. The summed E-state index contributed by atoms with van der Waals surface area (Å²) in [5.41, 5.74) is 5.72. The number of nitrogens with zero attached hydrogens (tertiary/aromatic N) is 1. The van der Waals surface area contributed by atoms with Crippen molar-refractivity contribution < 1.29 is 13.2 Å². The standard InChI is InChI=1S/C11H17ClN4O3S/c1-16(2)11(17)14-5-6-15-20(18,19)10-7-8(12)3-4-9(10)13/h3-4,7,15H,5-6,13H2,1-2H3,(H,14,17). The Bertz CT molecular complexity index is 589. The van der Waals surface area contributed by atoms with Crippen LogP contribution in [0.15, 0.2) is 23.1 Å². The van der Waals surface area contributed by atoms with Gasteiger partial charge in [-0.05, 0) is 18.2 Å². The van der Waals surface area contributed by atoms with Crippen molar-refractivity contribution in [3.05, 3.63) is 23.2 Å². The molecule has 0 fully saturated rings. The number of benzene rings is 1. The average molecular weight is 321 g/mol. The Morgan fingerprint density at radius 3 is 2.60 bits per heavy atom. The van der Waals surface area contributed by atoms with Crippen LogP contribution in [0.5, 0.6) is 0 Å². The molecule has 0 heterocycles. The molecule has 20 heavy (non-hydrogen) atoms. The highest BCUT2D eigenvalue weighted by Crippen LogP contribution is 2.22. The van der Waals surface area contributed by atoms with Gasteiger partial charge in [0.2, 0.25) is 10.0 Å². The molecule has 4 N–H and O–H groups in total. The molecular weight excluding hydrogens is 304 g/mol. The van der Waals surface area contributed by atoms with E-state index in [-0.39, 0.29) is 34.7 Å². The Labute approximate surface area is 123 Å². The highest BCUT2D eigenvalue weighted by Gasteiger charge is 2.17. The third-order valence-corrected chi connectivity index (χ3v) is 4.12. The van der Waals surface area contributed by atoms with E-state index in [2.05, 4.69) is 10.0 Å². The maximum atomic E-state index is 12.0. The van der Waals surface area contributed by atoms with E-state index in [0.717, 1.165) is 0 Å². The maximum absolute atomic E-state index is 12.0. The molecule has 7 nitrogen and oxygen atoms in total. The van der Waals surface area contributed by atoms with Crippen LogP contribution < -0.4 is 15.8 Å². The molecular formula is C11H17ClN4O3S. The number of hydrogen-bond acceptors (Lipinski definition) is 4. The Morgan fingerprint density at radius 1 is 1.35 bits per heavy atom. The monoisotopic (exact) mass is 320 g/mol. The van der Waals surface area contributed by atoms with Crippen molar-refractivity contribution in [2.75, 3.05) is 32.9 Å². The van der Waals surface area contributed by atoms with Gasteiger partial charge in [-0.15, -0.1) is 0 Å². The lowest BCUT2D eigenvalue weighted by atomic mass is 10.3. The molecule has 0 aliphatic heterocycles. The number of sulfonamides is 1. The van der Waals surface area contributed by atoms with Crippen molar-refractivity contribution in [1.82, 2.24) is 14.9 Å². The van der Waals surface area contributed by atoms with Gasteiger partial charge >= 0.3 is 6.03 Å². The molecule has 0 spiro atoms. The lowest BCUT2D eigenvalue weighted by molar-refractivity contribution is 0.217. The summed E-state index contributed by atoms with van der Waals surface area (Å²) in [5, 5.41) is 2.81. The summed E-state index contributed by atoms with van der Waals surface area (Å²) in [7, 11) is -0.577. The molecule has 0 aliphatic rings. The van der Waals surface area contributed by atoms with Gasteiger partial charge in [-0.2, -0.15) is 0 Å². The van der Waals surface area contributed by atoms with E-state index >= 15 is 0 Å². The van der Waals surface area contributed by atoms with Crippen molar-refractivity contribution in [2.24, 2.45) is 0 Å². The van der Waals surface area contributed by atoms with Crippen LogP contribution in [0.4, 0.5) is 10.5 Å². The number of nitrogens with one attached hydrogen (secondary N) is 2. The molecule has 2 amide bonds. The van der Waals surface area contributed by atoms with Crippen LogP contribution in [0.1, 0.15) is 0 Å². The van der Waals surface area contributed by atoms with Gasteiger partial charge in [0.25, 0.3) is 0 Å². The summed E-state index contributed by atoms with van der Waals surface area (Å²) in [4.78, 5) is 12.5. The summed E-state index contributed by atoms with van der Waals surface area (Å²) < 4.78 is 26.4. The normalized spacial score (nSPS) is 11.2. The predicted molar refractivity (Wildman–Crippen MR) is 78.1 cm³/mol. The molecule has 0 saturated heterocycles. The second-order valence-electron chi connectivity index (χ2n) is 4.21. The molecule has 0 aliphatic carbocycles. The predicted octanol–water partition coefficient (Wildman–Crippen LogP) is 0.472. The minimum absolute atomic E-state index is 0.0495. The topological polar surface area (TPSA) is 105 Å². The highest BCUT2D eigenvalue weighted by atomic mass is 35.5. The largest absolute Gasteiger partial charge is 0.398 e. The lowest BCUT2D eigenvalue weighted by Crippen LogP contribution is -2.39. The first kappa shape index (κ1) is 16.5. The van der Waals surface area contributed by atoms with E-state index in [0.29, 0.717) is 0 Å². The average Bonchev–Trinajstić information content (AvgIpc) is 2.37. The van der Waals surface area contributed by atoms with Crippen LogP contribution in [0, 0.1) is 0 Å². The Kier molecular flexibility index (Phi) is 5.61. The lowest BCUT2D eigenvalue weighted by Gasteiger charge is -2.13. The molecule has 1 rings (SSSR count). The van der Waals surface area contributed by atoms with Gasteiger partial charge in [0, 0.05) is 32.2 Å². The number of carbonyl (C=O) groups excluding carboxylic acids is 1. The molecule has 0 unspecified atom stereocenters. The number of hydrogen-bond donors (Lipinski definition) is 3. The summed E-state index contributed by atoms with van der Waals surface area (Å²) in [5.74, 6) is 0. The number of halogens is 1. The molecule has 0 saturated carbocycles. The van der Waals surface area contributed by atoms with E-state index in [9.17, 15) is 13.2 Å². The molecule has 9 heteroatoms. The van der Waals surface area contributed by atoms with Crippen LogP contribution in [0.2, 0.25) is 5.02 Å². The summed E-state index contributed by atoms with van der Waals surface area (Å²) in [6.07, 6.45) is 0. The van der Waals surface area contributed by atoms with E-state index in [1.807, 2.05) is 0 Å². The Morgan fingerprint density at radius 2 is 2.00 bits per heavy atom. The minimum atomic E-state index is -3.76. The fourth-order valence-electron chi connectivity index (χ4n) is 1.33. The van der Waals surface area contributed by atoms with Crippen LogP contribution in [0.25, 0.3) is 0 Å². The van der Waals surface area contributed by atoms with Crippen molar-refractivity contribution in [2.45, 2.75) is 4.90 Å². The van der Waals surface area contributed by atoms with Gasteiger partial charge in [0.15, 0.2) is 0 Å². The smallest absolute Gasteiger partial charge is 0.316 e. The summed E-state index contributed by atoms with van der Waals surface area (Å²) in [6.45, 7) is 0.213. The summed E-state index contributed by atoms with van der Waals surface area (Å²) >= 11 is 5.75. The van der Waals surface area contributed by atoms with Crippen LogP contribution in [-0.2, 0) is 10.0 Å². The van der Waals surface area contributed by atoms with Gasteiger partial charge in [0.1, 0.15) is 4.90 Å². The second kappa shape index (κ2) is 6.78. The van der Waals surface area contributed by atoms with Crippen molar-refractivity contribution in [3.63, 3.8) is 0 Å². The maximum Gasteiger partial charge on any atom is 0.316 e. The van der Waals surface area contributed by atoms with Crippen molar-refractivity contribution >= 4 is 33.3 Å². The van der Waals surface area contributed by atoms with Gasteiger partial charge in [-0.3, -0.25) is 0 Å². The zero-order chi connectivity index (χ0) is 15.3. The minimum Gasteiger partial charge on any atom is -0.398 e. The first-order valence-corrected chi connectivity index (χ1v) is 7.60. The number of amides is 2. The number of nitrogen functional groups attached to an aromatic ring is 1. The van der Waals surface area contributed by atoms with Crippen LogP contribution in [-0.4, -0.2) is 46.5 Å². The first-order chi connectivity index (χ1) is 9.24. The van der Waals surface area contributed by atoms with E-state index in [1.165, 1.54) is 23.1 Å². The number of rotatable bonds is 5. The van der Waals surface area contributed by atoms with E-state index < -0.39 is 10.0 Å². The quantitative estimate of drug-likeness (QED) is 0.542. The van der Waals surface area contributed by atoms with Crippen molar-refractivity contribution in [3.8, 4) is 0 Å². The molecule has 0 bridgehead atoms. The van der Waals surface area contributed by atoms with Gasteiger partial charge in [-0.25, -0.2) is 17.9 Å². The third-order valence-electron chi connectivity index (χ3n) is 2.36. The Hall–Kier alpha value is -1.51. The molecule has 0 atom stereocenters. The summed E-state index contributed by atoms with van der Waals surface area (Å²) in [6, 6.07) is 3.90. The van der Waals surface area contributed by atoms with Gasteiger partial charge in [0.05, 0.1) is 5.69 Å². The number of anilines is 1. The van der Waals surface area contributed by atoms with Crippen LogP contribution in [0.3, 0.4) is 0 Å². The molecule has 0 aromatic heterocycles. The number of urea groups is 1. The molecule has 0 radical (unpaired) electrons. The molecule has 1 aromatic carbocycles. The van der Waals surface area contributed by atoms with Crippen molar-refractivity contribution in [1.29, 1.82) is 0 Å². The fraction of sp³-hybridized carbons (Fsp3) is 0.364. The zero-order valence-electron chi connectivity index (χ0n) is 11.2. The van der Waals surface area contributed by atoms with E-state index in [1.54, 1.807) is 14.1 Å². The van der Waals surface area contributed by atoms with Gasteiger partial charge in [-0.1, -0.05) is 11.6 Å². The third kappa shape index (κ3) is 4.55. The fourth-order valence-corrected chi connectivity index (χ4v) is 2.76. The first-order valence-electron chi connectivity index (χ1n) is 5.74. The molecule has 1 aromatic rings. The Balaban J connectivity index is 2.63. The van der Waals surface area contributed by atoms with E-state index in [4.69, 9.17) is 17.3 Å². The number of carbonyl (C=O) groups is 1. The highest BCUT2D eigenvalue weighted by molar-refractivity contribution is 7.89.